The lowest BCUT2D eigenvalue weighted by Crippen LogP contribution is -2.56. The van der Waals surface area contributed by atoms with Gasteiger partial charge in [-0.1, -0.05) is 25.4 Å². The van der Waals surface area contributed by atoms with Crippen molar-refractivity contribution >= 4 is 52.7 Å². The number of thioether (sulfide) groups is 1. The summed E-state index contributed by atoms with van der Waals surface area (Å²) in [6.45, 7) is 8.50. The number of carbonyl (C=O) groups excluding carboxylic acids is 1. The highest BCUT2D eigenvalue weighted by Gasteiger charge is 2.38. The van der Waals surface area contributed by atoms with E-state index in [1.807, 2.05) is 50.9 Å². The third kappa shape index (κ3) is 4.54. The van der Waals surface area contributed by atoms with Crippen LogP contribution < -0.4 is 4.90 Å². The molecule has 2 aromatic rings. The van der Waals surface area contributed by atoms with E-state index in [0.717, 1.165) is 16.3 Å². The zero-order valence-corrected chi connectivity index (χ0v) is 22.1. The molecule has 0 bridgehead atoms. The van der Waals surface area contributed by atoms with Crippen molar-refractivity contribution in [2.75, 3.05) is 30.8 Å². The van der Waals surface area contributed by atoms with Gasteiger partial charge in [0.2, 0.25) is 5.82 Å². The first-order valence-corrected chi connectivity index (χ1v) is 13.0. The van der Waals surface area contributed by atoms with Gasteiger partial charge in [-0.3, -0.25) is 9.88 Å². The Balaban J connectivity index is 1.95. The highest BCUT2D eigenvalue weighted by molar-refractivity contribution is 7.98. The van der Waals surface area contributed by atoms with Crippen molar-refractivity contribution in [2.24, 2.45) is 4.99 Å². The van der Waals surface area contributed by atoms with Crippen LogP contribution in [-0.4, -0.2) is 74.7 Å². The van der Waals surface area contributed by atoms with E-state index in [2.05, 4.69) is 9.98 Å². The number of fused-ring (bicyclic) bond motifs is 1. The second-order valence-corrected chi connectivity index (χ2v) is 10.2. The maximum atomic E-state index is 14.8. The van der Waals surface area contributed by atoms with E-state index in [-0.39, 0.29) is 41.8 Å². The summed E-state index contributed by atoms with van der Waals surface area (Å²) in [4.78, 5) is 43.0. The minimum Gasteiger partial charge on any atom is -0.465 e. The molecule has 9 nitrogen and oxygen atoms in total. The molecular weight excluding hydrogens is 507 g/mol. The van der Waals surface area contributed by atoms with Gasteiger partial charge in [0, 0.05) is 36.3 Å². The van der Waals surface area contributed by atoms with Crippen LogP contribution >= 0.6 is 23.4 Å². The topological polar surface area (TPSA) is 102 Å². The van der Waals surface area contributed by atoms with Crippen LogP contribution in [0.2, 0.25) is 5.15 Å². The quantitative estimate of drug-likeness (QED) is 0.345. The summed E-state index contributed by atoms with van der Waals surface area (Å²) in [5.74, 6) is 1.68. The fourth-order valence-electron chi connectivity index (χ4n) is 4.49. The van der Waals surface area contributed by atoms with Crippen molar-refractivity contribution in [3.05, 3.63) is 45.9 Å². The molecule has 1 atom stereocenters. The third-order valence-corrected chi connectivity index (χ3v) is 7.17. The van der Waals surface area contributed by atoms with E-state index >= 15 is 0 Å². The molecule has 1 N–H and O–H groups in total. The van der Waals surface area contributed by atoms with Crippen LogP contribution in [0.15, 0.2) is 27.8 Å². The zero-order valence-electron chi connectivity index (χ0n) is 20.5. The minimum absolute atomic E-state index is 0.00688. The lowest BCUT2D eigenvalue weighted by Gasteiger charge is -2.42. The molecule has 12 heteroatoms. The Morgan fingerprint density at radius 3 is 2.61 bits per heavy atom. The van der Waals surface area contributed by atoms with E-state index < -0.39 is 11.9 Å². The number of anilines is 2. The van der Waals surface area contributed by atoms with Gasteiger partial charge in [-0.15, -0.1) is 11.8 Å². The highest BCUT2D eigenvalue weighted by atomic mass is 35.5. The molecule has 0 unspecified atom stereocenters. The van der Waals surface area contributed by atoms with Crippen LogP contribution in [0.4, 0.5) is 20.7 Å². The molecule has 0 saturated carbocycles. The fraction of sp³-hybridized carbons (Fsp3) is 0.417. The van der Waals surface area contributed by atoms with Crippen molar-refractivity contribution in [3.8, 4) is 0 Å². The molecule has 1 saturated heterocycles. The van der Waals surface area contributed by atoms with Gasteiger partial charge in [-0.2, -0.15) is 0 Å². The smallest absolute Gasteiger partial charge is 0.407 e. The number of hydrogen-bond donors (Lipinski definition) is 1. The zero-order chi connectivity index (χ0) is 26.3. The minimum atomic E-state index is -1.01. The summed E-state index contributed by atoms with van der Waals surface area (Å²) in [6.07, 6.45) is 0.908. The van der Waals surface area contributed by atoms with E-state index in [0.29, 0.717) is 23.6 Å². The largest absolute Gasteiger partial charge is 0.465 e. The predicted octanol–water partition coefficient (Wildman–Crippen LogP) is 4.68. The van der Waals surface area contributed by atoms with Gasteiger partial charge < -0.3 is 14.9 Å². The summed E-state index contributed by atoms with van der Waals surface area (Å²) < 4.78 is 14.8. The number of aryl methyl sites for hydroxylation is 1. The molecule has 4 rings (SSSR count). The molecule has 0 radical (unpaired) electrons. The maximum Gasteiger partial charge on any atom is 0.407 e. The van der Waals surface area contributed by atoms with Gasteiger partial charge in [-0.05, 0) is 38.2 Å². The van der Waals surface area contributed by atoms with Gasteiger partial charge in [0.15, 0.2) is 22.7 Å². The number of aliphatic imine (C=N–C) groups is 1. The highest BCUT2D eigenvalue weighted by Crippen LogP contribution is 2.44. The van der Waals surface area contributed by atoms with Crippen LogP contribution in [0.25, 0.3) is 0 Å². The van der Waals surface area contributed by atoms with Crippen molar-refractivity contribution in [1.29, 1.82) is 0 Å². The monoisotopic (exact) mass is 532 g/mol. The Bertz CT molecular complexity index is 1310. The number of pyridine rings is 2. The molecule has 0 aliphatic carbocycles. The average Bonchev–Trinajstić information content (AvgIpc) is 2.83. The number of rotatable bonds is 3. The Morgan fingerprint density at radius 1 is 1.31 bits per heavy atom. The molecule has 2 aliphatic rings. The number of carboxylic acid groups (broad SMARTS) is 1. The van der Waals surface area contributed by atoms with E-state index in [1.54, 1.807) is 4.90 Å². The number of hydrogen-bond acceptors (Lipinski definition) is 8. The summed E-state index contributed by atoms with van der Waals surface area (Å²) in [5.41, 5.74) is 2.50. The van der Waals surface area contributed by atoms with E-state index in [4.69, 9.17) is 16.6 Å². The second-order valence-electron chi connectivity index (χ2n) is 8.95. The van der Waals surface area contributed by atoms with E-state index in [9.17, 15) is 19.1 Å². The van der Waals surface area contributed by atoms with Crippen LogP contribution in [0.1, 0.15) is 43.6 Å². The number of amides is 1. The molecule has 1 amide bonds. The second kappa shape index (κ2) is 10.1. The maximum absolute atomic E-state index is 14.8. The number of piperazine rings is 1. The normalized spacial score (nSPS) is 17.8. The summed E-state index contributed by atoms with van der Waals surface area (Å²) in [5, 5.41) is 9.05. The molecule has 190 valence electrons. The van der Waals surface area contributed by atoms with Crippen molar-refractivity contribution in [2.45, 2.75) is 44.6 Å². The van der Waals surface area contributed by atoms with Crippen molar-refractivity contribution < 1.29 is 19.1 Å². The van der Waals surface area contributed by atoms with E-state index in [1.165, 1.54) is 22.7 Å². The Labute approximate surface area is 217 Å². The SMILES string of the molecule is CSc1cc(C)nc(C(C)C)c1N1C(=C=O)N=C(N2CCN(C(=O)O)C[C@@H]2C)c2cc(F)c(Cl)nc21. The number of halogens is 2. The first kappa shape index (κ1) is 25.9. The number of nitrogens with zero attached hydrogens (tertiary/aromatic N) is 6. The fourth-order valence-corrected chi connectivity index (χ4v) is 5.30. The van der Waals surface area contributed by atoms with Gasteiger partial charge in [0.05, 0.1) is 16.9 Å². The molecule has 36 heavy (non-hydrogen) atoms. The van der Waals surface area contributed by atoms with Gasteiger partial charge in [-0.25, -0.2) is 24.0 Å². The average molecular weight is 533 g/mol. The standard InChI is InChI=1S/C24H26ClFN6O3S/c1-12(2)19-20(17(36-5)8-13(3)27-19)32-18(11-33)28-22(15-9-16(26)21(25)29-23(15)32)31-7-6-30(24(34)35)10-14(31)4/h8-9,12,14H,6-7,10H2,1-5H3,(H,34,35)/t14-/m0/s1. The number of aromatic nitrogens is 2. The molecule has 0 spiro atoms. The Morgan fingerprint density at radius 2 is 2.03 bits per heavy atom. The summed E-state index contributed by atoms with van der Waals surface area (Å²) in [7, 11) is 0. The molecule has 4 heterocycles. The van der Waals surface area contributed by atoms with Crippen LogP contribution in [0.3, 0.4) is 0 Å². The van der Waals surface area contributed by atoms with Gasteiger partial charge in [0.25, 0.3) is 0 Å². The third-order valence-electron chi connectivity index (χ3n) is 6.15. The molecule has 1 fully saturated rings. The number of amidine groups is 1. The molecule has 0 aromatic carbocycles. The Hall–Kier alpha value is -3.14. The van der Waals surface area contributed by atoms with Gasteiger partial charge in [0.1, 0.15) is 5.84 Å². The summed E-state index contributed by atoms with van der Waals surface area (Å²) in [6, 6.07) is 2.88. The predicted molar refractivity (Wildman–Crippen MR) is 138 cm³/mol. The van der Waals surface area contributed by atoms with Crippen molar-refractivity contribution in [3.63, 3.8) is 0 Å². The lowest BCUT2D eigenvalue weighted by atomic mass is 10.0. The van der Waals surface area contributed by atoms with Crippen LogP contribution in [0, 0.1) is 12.7 Å². The molecular formula is C24H26ClFN6O3S. The van der Waals surface area contributed by atoms with Gasteiger partial charge >= 0.3 is 6.09 Å². The molecule has 2 aromatic heterocycles. The lowest BCUT2D eigenvalue weighted by molar-refractivity contribution is 0.106. The van der Waals surface area contributed by atoms with Crippen molar-refractivity contribution in [1.82, 2.24) is 19.8 Å². The first-order valence-electron chi connectivity index (χ1n) is 11.4. The first-order chi connectivity index (χ1) is 17.1. The van der Waals surface area contributed by atoms with Crippen LogP contribution in [0.5, 0.6) is 0 Å². The molecule has 2 aliphatic heterocycles. The Kier molecular flexibility index (Phi) is 7.26. The number of carbonyl (C=O) groups is 1. The van der Waals surface area contributed by atoms with Crippen LogP contribution in [-0.2, 0) is 4.79 Å². The summed E-state index contributed by atoms with van der Waals surface area (Å²) >= 11 is 7.62.